The third kappa shape index (κ3) is 5.43. The van der Waals surface area contributed by atoms with Crippen LogP contribution in [0.25, 0.3) is 11.4 Å². The number of halogens is 4. The van der Waals surface area contributed by atoms with Crippen LogP contribution in [0.4, 0.5) is 19.0 Å². The van der Waals surface area contributed by atoms with Crippen molar-refractivity contribution in [1.29, 1.82) is 0 Å². The first-order valence-electron chi connectivity index (χ1n) is 5.98. The van der Waals surface area contributed by atoms with Crippen molar-refractivity contribution in [3.05, 3.63) is 41.6 Å². The fourth-order valence-electron chi connectivity index (χ4n) is 1.57. The van der Waals surface area contributed by atoms with E-state index < -0.39 is 5.51 Å². The van der Waals surface area contributed by atoms with Gasteiger partial charge in [-0.1, -0.05) is 41.9 Å². The Morgan fingerprint density at radius 2 is 1.86 bits per heavy atom. The van der Waals surface area contributed by atoms with Gasteiger partial charge in [-0.3, -0.25) is 0 Å². The van der Waals surface area contributed by atoms with Crippen molar-refractivity contribution in [3.63, 3.8) is 0 Å². The van der Waals surface area contributed by atoms with Gasteiger partial charge in [0.1, 0.15) is 11.0 Å². The van der Waals surface area contributed by atoms with Gasteiger partial charge < -0.3 is 5.32 Å². The number of thioether (sulfide) groups is 1. The lowest BCUT2D eigenvalue weighted by Crippen LogP contribution is -2.10. The number of nitrogens with zero attached hydrogens (tertiary/aromatic N) is 2. The Bertz CT molecular complexity index is 593. The van der Waals surface area contributed by atoms with Crippen LogP contribution in [0.5, 0.6) is 0 Å². The number of alkyl halides is 3. The highest BCUT2D eigenvalue weighted by molar-refractivity contribution is 8.00. The number of anilines is 1. The largest absolute Gasteiger partial charge is 0.441 e. The molecule has 3 nitrogen and oxygen atoms in total. The van der Waals surface area contributed by atoms with E-state index in [1.807, 2.05) is 30.3 Å². The smallest absolute Gasteiger partial charge is 0.369 e. The molecule has 0 atom stereocenters. The Labute approximate surface area is 128 Å². The Hall–Kier alpha value is -1.47. The molecule has 1 aromatic heterocycles. The van der Waals surface area contributed by atoms with Gasteiger partial charge in [-0.05, 0) is 11.8 Å². The first-order valence-corrected chi connectivity index (χ1v) is 7.35. The summed E-state index contributed by atoms with van der Waals surface area (Å²) in [5, 5.41) is 3.04. The third-order valence-corrected chi connectivity index (χ3v) is 3.33. The maximum atomic E-state index is 12.0. The van der Waals surface area contributed by atoms with Crippen LogP contribution >= 0.6 is 23.4 Å². The molecule has 1 N–H and O–H groups in total. The van der Waals surface area contributed by atoms with Gasteiger partial charge in [0.05, 0.1) is 0 Å². The standard InChI is InChI=1S/C13H11ClF3N3S/c14-10-8-11(18-6-7-21-13(15,16)17)20-12(19-10)9-4-2-1-3-5-9/h1-5,8H,6-7H2,(H,18,19,20). The second-order valence-electron chi connectivity index (χ2n) is 3.99. The van der Waals surface area contributed by atoms with Crippen LogP contribution in [-0.2, 0) is 0 Å². The van der Waals surface area contributed by atoms with Crippen molar-refractivity contribution in [2.45, 2.75) is 5.51 Å². The van der Waals surface area contributed by atoms with E-state index >= 15 is 0 Å². The van der Waals surface area contributed by atoms with E-state index in [-0.39, 0.29) is 29.2 Å². The topological polar surface area (TPSA) is 37.8 Å². The molecule has 0 bridgehead atoms. The van der Waals surface area contributed by atoms with Crippen molar-refractivity contribution in [2.75, 3.05) is 17.6 Å². The summed E-state index contributed by atoms with van der Waals surface area (Å²) in [6, 6.07) is 10.7. The minimum atomic E-state index is -4.22. The number of nitrogens with one attached hydrogen (secondary N) is 1. The number of hydrogen-bond acceptors (Lipinski definition) is 4. The number of rotatable bonds is 5. The average Bonchev–Trinajstić information content (AvgIpc) is 2.43. The first kappa shape index (κ1) is 15.9. The van der Waals surface area contributed by atoms with Crippen molar-refractivity contribution >= 4 is 29.2 Å². The van der Waals surface area contributed by atoms with Gasteiger partial charge in [0.25, 0.3) is 0 Å². The van der Waals surface area contributed by atoms with E-state index in [0.29, 0.717) is 11.6 Å². The highest BCUT2D eigenvalue weighted by Gasteiger charge is 2.27. The molecule has 1 heterocycles. The van der Waals surface area contributed by atoms with Crippen LogP contribution in [-0.4, -0.2) is 27.8 Å². The molecule has 2 rings (SSSR count). The average molecular weight is 334 g/mol. The second-order valence-corrected chi connectivity index (χ2v) is 5.53. The zero-order valence-electron chi connectivity index (χ0n) is 10.7. The first-order chi connectivity index (χ1) is 9.94. The van der Waals surface area contributed by atoms with Gasteiger partial charge in [-0.2, -0.15) is 13.2 Å². The van der Waals surface area contributed by atoms with Crippen molar-refractivity contribution in [3.8, 4) is 11.4 Å². The summed E-state index contributed by atoms with van der Waals surface area (Å²) in [5.74, 6) is 0.719. The van der Waals surface area contributed by atoms with Gasteiger partial charge in [-0.25, -0.2) is 9.97 Å². The Morgan fingerprint density at radius 1 is 1.14 bits per heavy atom. The fraction of sp³-hybridized carbons (Fsp3) is 0.231. The maximum Gasteiger partial charge on any atom is 0.441 e. The summed E-state index contributed by atoms with van der Waals surface area (Å²) in [6.45, 7) is 0.131. The normalized spacial score (nSPS) is 11.4. The van der Waals surface area contributed by atoms with Crippen LogP contribution in [0, 0.1) is 0 Å². The molecule has 0 amide bonds. The SMILES string of the molecule is FC(F)(F)SCCNc1cc(Cl)nc(-c2ccccc2)n1. The van der Waals surface area contributed by atoms with E-state index in [9.17, 15) is 13.2 Å². The molecule has 1 aromatic carbocycles. The molecule has 0 aliphatic rings. The second kappa shape index (κ2) is 7.00. The quantitative estimate of drug-likeness (QED) is 0.647. The molecule has 2 aromatic rings. The minimum Gasteiger partial charge on any atom is -0.369 e. The molecule has 8 heteroatoms. The summed E-state index contributed by atoms with van der Waals surface area (Å²) in [7, 11) is 0. The Balaban J connectivity index is 2.03. The highest BCUT2D eigenvalue weighted by Crippen LogP contribution is 2.29. The van der Waals surface area contributed by atoms with Crippen LogP contribution in [0.1, 0.15) is 0 Å². The van der Waals surface area contributed by atoms with Gasteiger partial charge in [0, 0.05) is 23.9 Å². The summed E-state index contributed by atoms with van der Waals surface area (Å²) in [4.78, 5) is 8.34. The van der Waals surface area contributed by atoms with E-state index in [0.717, 1.165) is 5.56 Å². The predicted octanol–water partition coefficient (Wildman–Crippen LogP) is 4.46. The fourth-order valence-corrected chi connectivity index (χ4v) is 2.19. The van der Waals surface area contributed by atoms with E-state index in [1.165, 1.54) is 6.07 Å². The third-order valence-electron chi connectivity index (χ3n) is 2.40. The summed E-state index contributed by atoms with van der Waals surface area (Å²) in [6.07, 6.45) is 0. The molecule has 0 saturated heterocycles. The number of aromatic nitrogens is 2. The lowest BCUT2D eigenvalue weighted by molar-refractivity contribution is -0.0327. The zero-order valence-corrected chi connectivity index (χ0v) is 12.3. The van der Waals surface area contributed by atoms with Crippen molar-refractivity contribution in [2.24, 2.45) is 0 Å². The molecule has 21 heavy (non-hydrogen) atoms. The molecular weight excluding hydrogens is 323 g/mol. The van der Waals surface area contributed by atoms with Gasteiger partial charge in [0.2, 0.25) is 0 Å². The van der Waals surface area contributed by atoms with E-state index in [1.54, 1.807) is 0 Å². The lowest BCUT2D eigenvalue weighted by atomic mass is 10.2. The maximum absolute atomic E-state index is 12.0. The summed E-state index contributed by atoms with van der Waals surface area (Å²) < 4.78 is 36.1. The summed E-state index contributed by atoms with van der Waals surface area (Å²) >= 11 is 5.83. The molecular formula is C13H11ClF3N3S. The predicted molar refractivity (Wildman–Crippen MR) is 79.5 cm³/mol. The van der Waals surface area contributed by atoms with Crippen molar-refractivity contribution < 1.29 is 13.2 Å². The Kier molecular flexibility index (Phi) is 5.30. The Morgan fingerprint density at radius 3 is 2.52 bits per heavy atom. The molecule has 0 radical (unpaired) electrons. The van der Waals surface area contributed by atoms with Crippen molar-refractivity contribution in [1.82, 2.24) is 9.97 Å². The molecule has 0 aliphatic heterocycles. The molecule has 0 saturated carbocycles. The minimum absolute atomic E-state index is 0.0813. The monoisotopic (exact) mass is 333 g/mol. The number of benzene rings is 1. The van der Waals surface area contributed by atoms with Crippen LogP contribution in [0.3, 0.4) is 0 Å². The van der Waals surface area contributed by atoms with Crippen LogP contribution in [0.15, 0.2) is 36.4 Å². The van der Waals surface area contributed by atoms with Crippen LogP contribution < -0.4 is 5.32 Å². The molecule has 0 spiro atoms. The lowest BCUT2D eigenvalue weighted by Gasteiger charge is -2.09. The van der Waals surface area contributed by atoms with Gasteiger partial charge in [0.15, 0.2) is 5.82 Å². The van der Waals surface area contributed by atoms with Gasteiger partial charge >= 0.3 is 5.51 Å². The van der Waals surface area contributed by atoms with Gasteiger partial charge in [-0.15, -0.1) is 0 Å². The van der Waals surface area contributed by atoms with Crippen LogP contribution in [0.2, 0.25) is 5.15 Å². The molecule has 0 aliphatic carbocycles. The summed E-state index contributed by atoms with van der Waals surface area (Å²) in [5.41, 5.74) is -3.44. The van der Waals surface area contributed by atoms with E-state index in [2.05, 4.69) is 15.3 Å². The number of hydrogen-bond donors (Lipinski definition) is 1. The highest BCUT2D eigenvalue weighted by atomic mass is 35.5. The molecule has 0 unspecified atom stereocenters. The molecule has 112 valence electrons. The molecule has 0 fully saturated rings. The zero-order chi connectivity index (χ0) is 15.3. The van der Waals surface area contributed by atoms with E-state index in [4.69, 9.17) is 11.6 Å².